The van der Waals surface area contributed by atoms with Gasteiger partial charge < -0.3 is 15.0 Å². The molecule has 0 fully saturated rings. The molecule has 2 aromatic rings. The largest absolute Gasteiger partial charge is 0.444 e. The molecule has 0 aliphatic carbocycles. The van der Waals surface area contributed by atoms with Crippen molar-refractivity contribution in [1.82, 2.24) is 15.2 Å². The van der Waals surface area contributed by atoms with Crippen molar-refractivity contribution >= 4 is 22.9 Å². The van der Waals surface area contributed by atoms with Gasteiger partial charge in [0.05, 0.1) is 0 Å². The van der Waals surface area contributed by atoms with Gasteiger partial charge in [0.1, 0.15) is 11.6 Å². The van der Waals surface area contributed by atoms with Crippen molar-refractivity contribution in [3.05, 3.63) is 36.0 Å². The summed E-state index contributed by atoms with van der Waals surface area (Å²) in [5.41, 5.74) is 1.37. The molecule has 6 nitrogen and oxygen atoms in total. The number of carbonyl (C=O) groups excluding carboxylic acids is 2. The van der Waals surface area contributed by atoms with Gasteiger partial charge in [0.15, 0.2) is 0 Å². The van der Waals surface area contributed by atoms with E-state index < -0.39 is 17.7 Å². The highest BCUT2D eigenvalue weighted by molar-refractivity contribution is 5.88. The number of fused-ring (bicyclic) bond motifs is 1. The molecule has 1 heterocycles. The Kier molecular flexibility index (Phi) is 5.17. The lowest BCUT2D eigenvalue weighted by molar-refractivity contribution is -0.125. The number of amides is 2. The number of H-pyrrole nitrogens is 1. The Hall–Kier alpha value is -2.50. The highest BCUT2D eigenvalue weighted by Crippen LogP contribution is 2.21. The minimum atomic E-state index is -0.649. The number of nitrogens with one attached hydrogen (secondary N) is 2. The fourth-order valence-corrected chi connectivity index (χ4v) is 2.54. The molecule has 0 aliphatic heterocycles. The molecule has 1 atom stereocenters. The topological polar surface area (TPSA) is 74.4 Å². The molecular formula is C18H25N3O3. The van der Waals surface area contributed by atoms with E-state index in [2.05, 4.69) is 10.3 Å². The summed E-state index contributed by atoms with van der Waals surface area (Å²) in [5, 5.41) is 3.67. The highest BCUT2D eigenvalue weighted by Gasteiger charge is 2.30. The van der Waals surface area contributed by atoms with E-state index in [1.165, 1.54) is 4.90 Å². The zero-order chi connectivity index (χ0) is 17.9. The van der Waals surface area contributed by atoms with E-state index in [0.717, 1.165) is 16.5 Å². The van der Waals surface area contributed by atoms with Crippen LogP contribution in [0.4, 0.5) is 4.79 Å². The molecule has 0 saturated heterocycles. The fraction of sp³-hybridized carbons (Fsp3) is 0.444. The SMILES string of the molecule is CNC(=O)[C@H](Cc1c[nH]c2ccccc12)N(C)C(=O)OC(C)(C)C. The number of aromatic nitrogens is 1. The molecule has 2 N–H and O–H groups in total. The van der Waals surface area contributed by atoms with Gasteiger partial charge in [-0.1, -0.05) is 18.2 Å². The molecule has 24 heavy (non-hydrogen) atoms. The van der Waals surface area contributed by atoms with Gasteiger partial charge in [0.25, 0.3) is 0 Å². The van der Waals surface area contributed by atoms with Crippen molar-refractivity contribution in [2.24, 2.45) is 0 Å². The molecule has 2 rings (SSSR count). The van der Waals surface area contributed by atoms with Gasteiger partial charge in [-0.2, -0.15) is 0 Å². The van der Waals surface area contributed by atoms with Crippen LogP contribution in [0.2, 0.25) is 0 Å². The van der Waals surface area contributed by atoms with Crippen LogP contribution < -0.4 is 5.32 Å². The summed E-state index contributed by atoms with van der Waals surface area (Å²) in [4.78, 5) is 29.2. The lowest BCUT2D eigenvalue weighted by Gasteiger charge is -2.29. The normalized spacial score (nSPS) is 12.7. The van der Waals surface area contributed by atoms with E-state index in [1.807, 2.05) is 30.5 Å². The summed E-state index contributed by atoms with van der Waals surface area (Å²) >= 11 is 0. The van der Waals surface area contributed by atoms with Crippen LogP contribution in [0, 0.1) is 0 Å². The Morgan fingerprint density at radius 2 is 1.96 bits per heavy atom. The first-order valence-corrected chi connectivity index (χ1v) is 7.95. The molecule has 2 amide bonds. The van der Waals surface area contributed by atoms with Crippen LogP contribution in [-0.4, -0.2) is 47.6 Å². The monoisotopic (exact) mass is 331 g/mol. The van der Waals surface area contributed by atoms with Crippen molar-refractivity contribution in [1.29, 1.82) is 0 Å². The summed E-state index contributed by atoms with van der Waals surface area (Å²) in [6.07, 6.45) is 1.76. The number of benzene rings is 1. The van der Waals surface area contributed by atoms with Gasteiger partial charge in [-0.3, -0.25) is 9.69 Å². The number of rotatable bonds is 4. The van der Waals surface area contributed by atoms with E-state index in [1.54, 1.807) is 34.9 Å². The third-order valence-electron chi connectivity index (χ3n) is 3.79. The van der Waals surface area contributed by atoms with E-state index in [0.29, 0.717) is 6.42 Å². The number of nitrogens with zero attached hydrogens (tertiary/aromatic N) is 1. The van der Waals surface area contributed by atoms with Crippen molar-refractivity contribution in [2.45, 2.75) is 38.8 Å². The molecule has 0 spiro atoms. The quantitative estimate of drug-likeness (QED) is 0.904. The molecular weight excluding hydrogens is 306 g/mol. The molecule has 1 aromatic carbocycles. The fourth-order valence-electron chi connectivity index (χ4n) is 2.54. The average molecular weight is 331 g/mol. The first kappa shape index (κ1) is 17.8. The second-order valence-electron chi connectivity index (χ2n) is 6.78. The maximum absolute atomic E-state index is 12.3. The average Bonchev–Trinajstić information content (AvgIpc) is 2.92. The number of ether oxygens (including phenoxy) is 1. The second-order valence-corrected chi connectivity index (χ2v) is 6.78. The van der Waals surface area contributed by atoms with E-state index >= 15 is 0 Å². The van der Waals surface area contributed by atoms with Gasteiger partial charge >= 0.3 is 6.09 Å². The number of carbonyl (C=O) groups is 2. The lowest BCUT2D eigenvalue weighted by Crippen LogP contribution is -2.49. The highest BCUT2D eigenvalue weighted by atomic mass is 16.6. The Morgan fingerprint density at radius 3 is 2.58 bits per heavy atom. The van der Waals surface area contributed by atoms with Gasteiger partial charge in [-0.05, 0) is 32.4 Å². The predicted molar refractivity (Wildman–Crippen MR) is 93.9 cm³/mol. The molecule has 0 bridgehead atoms. The van der Waals surface area contributed by atoms with Crippen LogP contribution >= 0.6 is 0 Å². The molecule has 130 valence electrons. The number of likely N-dealkylation sites (N-methyl/N-ethyl adjacent to an activating group) is 2. The second kappa shape index (κ2) is 6.95. The summed E-state index contributed by atoms with van der Waals surface area (Å²) in [7, 11) is 3.15. The van der Waals surface area contributed by atoms with E-state index in [4.69, 9.17) is 4.74 Å². The molecule has 0 radical (unpaired) electrons. The minimum absolute atomic E-state index is 0.228. The van der Waals surface area contributed by atoms with Crippen LogP contribution in [0.5, 0.6) is 0 Å². The van der Waals surface area contributed by atoms with Gasteiger partial charge in [0, 0.05) is 37.6 Å². The molecule has 0 unspecified atom stereocenters. The standard InChI is InChI=1S/C18H25N3O3/c1-18(2,3)24-17(23)21(5)15(16(22)19-4)10-12-11-20-14-9-7-6-8-13(12)14/h6-9,11,15,20H,10H2,1-5H3,(H,19,22)/t15-/m0/s1. The summed E-state index contributed by atoms with van der Waals surface area (Å²) < 4.78 is 5.38. The summed E-state index contributed by atoms with van der Waals surface area (Å²) in [6, 6.07) is 7.22. The smallest absolute Gasteiger partial charge is 0.410 e. The van der Waals surface area contributed by atoms with Crippen molar-refractivity contribution in [3.8, 4) is 0 Å². The third kappa shape index (κ3) is 4.07. The molecule has 1 aromatic heterocycles. The summed E-state index contributed by atoms with van der Waals surface area (Å²) in [5.74, 6) is -0.228. The third-order valence-corrected chi connectivity index (χ3v) is 3.79. The van der Waals surface area contributed by atoms with Gasteiger partial charge in [-0.15, -0.1) is 0 Å². The molecule has 6 heteroatoms. The zero-order valence-electron chi connectivity index (χ0n) is 14.8. The van der Waals surface area contributed by atoms with E-state index in [9.17, 15) is 9.59 Å². The number of para-hydroxylation sites is 1. The zero-order valence-corrected chi connectivity index (χ0v) is 14.8. The summed E-state index contributed by atoms with van der Waals surface area (Å²) in [6.45, 7) is 5.40. The number of aromatic amines is 1. The van der Waals surface area contributed by atoms with E-state index in [-0.39, 0.29) is 5.91 Å². The number of hydrogen-bond donors (Lipinski definition) is 2. The van der Waals surface area contributed by atoms with Crippen molar-refractivity contribution in [2.75, 3.05) is 14.1 Å². The van der Waals surface area contributed by atoms with Crippen LogP contribution in [0.25, 0.3) is 10.9 Å². The maximum Gasteiger partial charge on any atom is 0.410 e. The van der Waals surface area contributed by atoms with Crippen molar-refractivity contribution in [3.63, 3.8) is 0 Å². The molecule has 0 aliphatic rings. The Bertz CT molecular complexity index is 730. The van der Waals surface area contributed by atoms with Crippen LogP contribution in [0.1, 0.15) is 26.3 Å². The maximum atomic E-state index is 12.3. The first-order valence-electron chi connectivity index (χ1n) is 7.95. The number of hydrogen-bond acceptors (Lipinski definition) is 3. The van der Waals surface area contributed by atoms with Crippen LogP contribution in [0.15, 0.2) is 30.5 Å². The van der Waals surface area contributed by atoms with Crippen LogP contribution in [-0.2, 0) is 16.0 Å². The van der Waals surface area contributed by atoms with Crippen LogP contribution in [0.3, 0.4) is 0 Å². The predicted octanol–water partition coefficient (Wildman–Crippen LogP) is 2.69. The van der Waals surface area contributed by atoms with Gasteiger partial charge in [0.2, 0.25) is 5.91 Å². The molecule has 0 saturated carbocycles. The Labute approximate surface area is 142 Å². The lowest BCUT2D eigenvalue weighted by atomic mass is 10.0. The van der Waals surface area contributed by atoms with Crippen molar-refractivity contribution < 1.29 is 14.3 Å². The van der Waals surface area contributed by atoms with Gasteiger partial charge in [-0.25, -0.2) is 4.79 Å². The Balaban J connectivity index is 2.25. The Morgan fingerprint density at radius 1 is 1.29 bits per heavy atom. The minimum Gasteiger partial charge on any atom is -0.444 e. The first-order chi connectivity index (χ1) is 11.2.